The van der Waals surface area contributed by atoms with Gasteiger partial charge in [-0.3, -0.25) is 10.8 Å². The largest absolute Gasteiger partial charge is 0.491 e. The molecule has 4 N–H and O–H groups in total. The fourth-order valence-electron chi connectivity index (χ4n) is 1.16. The van der Waals surface area contributed by atoms with Gasteiger partial charge in [0.2, 0.25) is 5.71 Å². The lowest BCUT2D eigenvalue weighted by Crippen LogP contribution is -2.21. The Morgan fingerprint density at radius 1 is 1.56 bits per heavy atom. The first-order valence-corrected chi connectivity index (χ1v) is 5.49. The average molecular weight is 245 g/mol. The van der Waals surface area contributed by atoms with Gasteiger partial charge >= 0.3 is 0 Å². The van der Waals surface area contributed by atoms with Gasteiger partial charge in [0.15, 0.2) is 5.84 Å². The van der Waals surface area contributed by atoms with E-state index >= 15 is 0 Å². The van der Waals surface area contributed by atoms with Crippen LogP contribution in [0.3, 0.4) is 0 Å². The molecule has 1 aromatic carbocycles. The SMILES string of the molecule is CCCOc1ccccc1N/N=C(\C#N)C(=N)N. The third-order valence-electron chi connectivity index (χ3n) is 2.00. The van der Waals surface area contributed by atoms with Gasteiger partial charge < -0.3 is 10.5 Å². The van der Waals surface area contributed by atoms with Crippen molar-refractivity contribution in [2.24, 2.45) is 10.8 Å². The molecule has 0 aromatic heterocycles. The topological polar surface area (TPSA) is 107 Å². The van der Waals surface area contributed by atoms with Crippen molar-refractivity contribution in [3.63, 3.8) is 0 Å². The van der Waals surface area contributed by atoms with Crippen molar-refractivity contribution in [2.75, 3.05) is 12.0 Å². The third-order valence-corrected chi connectivity index (χ3v) is 2.00. The van der Waals surface area contributed by atoms with Crippen LogP contribution in [0.15, 0.2) is 29.4 Å². The van der Waals surface area contributed by atoms with E-state index in [4.69, 9.17) is 21.1 Å². The van der Waals surface area contributed by atoms with Crippen molar-refractivity contribution in [2.45, 2.75) is 13.3 Å². The minimum atomic E-state index is -0.378. The molecule has 6 heteroatoms. The van der Waals surface area contributed by atoms with E-state index in [1.807, 2.05) is 19.1 Å². The molecule has 0 fully saturated rings. The highest BCUT2D eigenvalue weighted by atomic mass is 16.5. The van der Waals surface area contributed by atoms with Crippen molar-refractivity contribution < 1.29 is 4.74 Å². The number of hydrogen-bond donors (Lipinski definition) is 3. The summed E-state index contributed by atoms with van der Waals surface area (Å²) < 4.78 is 5.51. The Morgan fingerprint density at radius 3 is 2.89 bits per heavy atom. The lowest BCUT2D eigenvalue weighted by molar-refractivity contribution is 0.319. The zero-order chi connectivity index (χ0) is 13.4. The number of nitrogens with one attached hydrogen (secondary N) is 2. The molecule has 0 spiro atoms. The molecule has 0 amide bonds. The minimum absolute atomic E-state index is 0.166. The molecule has 0 aliphatic rings. The lowest BCUT2D eigenvalue weighted by Gasteiger charge is -2.09. The second-order valence-electron chi connectivity index (χ2n) is 3.44. The highest BCUT2D eigenvalue weighted by Gasteiger charge is 2.04. The number of nitrogens with two attached hydrogens (primary N) is 1. The molecule has 1 aromatic rings. The van der Waals surface area contributed by atoms with Crippen molar-refractivity contribution in [1.29, 1.82) is 10.7 Å². The molecule has 0 aliphatic heterocycles. The Morgan fingerprint density at radius 2 is 2.28 bits per heavy atom. The molecule has 0 radical (unpaired) electrons. The van der Waals surface area contributed by atoms with Crippen LogP contribution in [0.4, 0.5) is 5.69 Å². The molecule has 18 heavy (non-hydrogen) atoms. The summed E-state index contributed by atoms with van der Waals surface area (Å²) in [5.41, 5.74) is 8.32. The van der Waals surface area contributed by atoms with E-state index in [1.165, 1.54) is 0 Å². The van der Waals surface area contributed by atoms with Crippen molar-refractivity contribution in [1.82, 2.24) is 0 Å². The van der Waals surface area contributed by atoms with Crippen LogP contribution < -0.4 is 15.9 Å². The summed E-state index contributed by atoms with van der Waals surface area (Å²) in [6, 6.07) is 8.96. The van der Waals surface area contributed by atoms with Gasteiger partial charge in [0, 0.05) is 0 Å². The summed E-state index contributed by atoms with van der Waals surface area (Å²) in [5, 5.41) is 19.6. The van der Waals surface area contributed by atoms with Gasteiger partial charge in [0.1, 0.15) is 11.8 Å². The van der Waals surface area contributed by atoms with Gasteiger partial charge in [-0.1, -0.05) is 19.1 Å². The molecule has 0 saturated carbocycles. The zero-order valence-corrected chi connectivity index (χ0v) is 10.1. The van der Waals surface area contributed by atoms with E-state index in [2.05, 4.69) is 10.5 Å². The number of anilines is 1. The number of rotatable bonds is 6. The number of benzene rings is 1. The highest BCUT2D eigenvalue weighted by Crippen LogP contribution is 2.23. The van der Waals surface area contributed by atoms with E-state index in [0.717, 1.165) is 6.42 Å². The average Bonchev–Trinajstić information content (AvgIpc) is 2.38. The van der Waals surface area contributed by atoms with E-state index < -0.39 is 0 Å². The summed E-state index contributed by atoms with van der Waals surface area (Å²) in [4.78, 5) is 0. The summed E-state index contributed by atoms with van der Waals surface area (Å²) in [6.07, 6.45) is 0.897. The van der Waals surface area contributed by atoms with Gasteiger partial charge in [0.05, 0.1) is 12.3 Å². The van der Waals surface area contributed by atoms with Crippen LogP contribution in [-0.4, -0.2) is 18.2 Å². The van der Waals surface area contributed by atoms with E-state index in [1.54, 1.807) is 18.2 Å². The number of para-hydroxylation sites is 2. The minimum Gasteiger partial charge on any atom is -0.491 e. The van der Waals surface area contributed by atoms with Crippen molar-refractivity contribution in [3.8, 4) is 11.8 Å². The smallest absolute Gasteiger partial charge is 0.201 e. The van der Waals surface area contributed by atoms with Gasteiger partial charge in [-0.05, 0) is 18.6 Å². The first-order chi connectivity index (χ1) is 8.69. The molecule has 0 unspecified atom stereocenters. The predicted octanol–water partition coefficient (Wildman–Crippen LogP) is 1.70. The van der Waals surface area contributed by atoms with E-state index in [9.17, 15) is 0 Å². The maximum absolute atomic E-state index is 8.71. The second-order valence-corrected chi connectivity index (χ2v) is 3.44. The number of hydrogen-bond acceptors (Lipinski definition) is 5. The first-order valence-electron chi connectivity index (χ1n) is 5.49. The molecule has 94 valence electrons. The molecule has 6 nitrogen and oxygen atoms in total. The number of nitrogens with zero attached hydrogens (tertiary/aromatic N) is 2. The summed E-state index contributed by atoms with van der Waals surface area (Å²) in [6.45, 7) is 2.61. The van der Waals surface area contributed by atoms with Crippen molar-refractivity contribution >= 4 is 17.2 Å². The van der Waals surface area contributed by atoms with E-state index in [-0.39, 0.29) is 11.5 Å². The first kappa shape index (κ1) is 13.5. The Kier molecular flexibility index (Phi) is 5.19. The summed E-state index contributed by atoms with van der Waals surface area (Å²) >= 11 is 0. The molecular formula is C12H15N5O. The monoisotopic (exact) mass is 245 g/mol. The number of hydrazone groups is 1. The number of nitriles is 1. The number of amidine groups is 1. The van der Waals surface area contributed by atoms with Gasteiger partial charge in [0.25, 0.3) is 0 Å². The second kappa shape index (κ2) is 6.91. The van der Waals surface area contributed by atoms with Gasteiger partial charge in [-0.25, -0.2) is 0 Å². The lowest BCUT2D eigenvalue weighted by atomic mass is 10.3. The quantitative estimate of drug-likeness (QED) is 0.402. The number of ether oxygens (including phenoxy) is 1. The molecule has 0 saturated heterocycles. The van der Waals surface area contributed by atoms with Crippen LogP contribution in [-0.2, 0) is 0 Å². The maximum atomic E-state index is 8.71. The van der Waals surface area contributed by atoms with Crippen LogP contribution >= 0.6 is 0 Å². The summed E-state index contributed by atoms with van der Waals surface area (Å²) in [7, 11) is 0. The van der Waals surface area contributed by atoms with Crippen LogP contribution in [0.5, 0.6) is 5.75 Å². The zero-order valence-electron chi connectivity index (χ0n) is 10.1. The van der Waals surface area contributed by atoms with Crippen LogP contribution in [0, 0.1) is 16.7 Å². The molecule has 0 bridgehead atoms. The highest BCUT2D eigenvalue weighted by molar-refractivity contribution is 6.45. The third kappa shape index (κ3) is 3.79. The molecule has 0 heterocycles. The normalized spacial score (nSPS) is 10.6. The Balaban J connectivity index is 2.84. The maximum Gasteiger partial charge on any atom is 0.201 e. The van der Waals surface area contributed by atoms with Crippen LogP contribution in [0.25, 0.3) is 0 Å². The Hall–Kier alpha value is -2.55. The molecule has 0 atom stereocenters. The molecular weight excluding hydrogens is 230 g/mol. The van der Waals surface area contributed by atoms with E-state index in [0.29, 0.717) is 18.0 Å². The van der Waals surface area contributed by atoms with Crippen LogP contribution in [0.1, 0.15) is 13.3 Å². The van der Waals surface area contributed by atoms with Gasteiger partial charge in [-0.15, -0.1) is 0 Å². The molecule has 0 aliphatic carbocycles. The molecule has 1 rings (SSSR count). The predicted molar refractivity (Wildman–Crippen MR) is 70.8 cm³/mol. The fourth-order valence-corrected chi connectivity index (χ4v) is 1.16. The Labute approximate surface area is 106 Å². The standard InChI is InChI=1S/C12H15N5O/c1-2-7-18-11-6-4-3-5-9(11)16-17-10(8-13)12(14)15/h3-6,16H,2,7H2,1H3,(H3,14,15)/b17-10+. The van der Waals surface area contributed by atoms with Crippen LogP contribution in [0.2, 0.25) is 0 Å². The fraction of sp³-hybridized carbons (Fsp3) is 0.250. The van der Waals surface area contributed by atoms with Crippen molar-refractivity contribution in [3.05, 3.63) is 24.3 Å². The van der Waals surface area contributed by atoms with Gasteiger partial charge in [-0.2, -0.15) is 10.4 Å². The summed E-state index contributed by atoms with van der Waals surface area (Å²) in [5.74, 6) is 0.265. The Bertz CT molecular complexity index is 489.